The Morgan fingerprint density at radius 2 is 0.769 bits per heavy atom. The molecule has 0 atom stereocenters. The molecule has 0 heterocycles. The Morgan fingerprint density at radius 3 is 0.923 bits per heavy atom. The van der Waals surface area contributed by atoms with Crippen molar-refractivity contribution < 1.29 is 0 Å². The third-order valence-electron chi connectivity index (χ3n) is 3.12. The molecule has 0 N–H and O–H groups in total. The zero-order valence-electron chi connectivity index (χ0n) is 10.2. The van der Waals surface area contributed by atoms with Crippen molar-refractivity contribution in [2.45, 2.75) is 48.4 Å². The van der Waals surface area contributed by atoms with Gasteiger partial charge in [0.1, 0.15) is 0 Å². The third kappa shape index (κ3) is 5.51. The minimum atomic E-state index is -0.657. The molecule has 80 valence electrons. The maximum atomic E-state index is 1.71. The molecule has 0 aromatic carbocycles. The normalized spacial score (nSPS) is 16.6. The van der Waals surface area contributed by atoms with Gasteiger partial charge in [-0.05, 0) is 0 Å². The lowest BCUT2D eigenvalue weighted by Gasteiger charge is -2.31. The highest BCUT2D eigenvalue weighted by Crippen LogP contribution is 2.30. The highest BCUT2D eigenvalue weighted by atomic mass is 28.3. The van der Waals surface area contributed by atoms with Gasteiger partial charge in [-0.3, -0.25) is 0 Å². The van der Waals surface area contributed by atoms with Crippen LogP contribution in [-0.2, 0) is 0 Å². The minimum Gasteiger partial charge on any atom is -0.0681 e. The zero-order valence-corrected chi connectivity index (χ0v) is 19.2. The van der Waals surface area contributed by atoms with Crippen LogP contribution in [0.15, 0.2) is 0 Å². The predicted molar refractivity (Wildman–Crippen MR) is 84.0 cm³/mol. The summed E-state index contributed by atoms with van der Waals surface area (Å²) in [5.74, 6) is 0. The number of hydrogen-bond donors (Lipinski definition) is 0. The van der Waals surface area contributed by atoms with Crippen molar-refractivity contribution in [2.24, 2.45) is 0 Å². The fourth-order valence-electron chi connectivity index (χ4n) is 2.87. The van der Waals surface area contributed by atoms with Gasteiger partial charge in [0.05, 0.1) is 8.07 Å². The summed E-state index contributed by atoms with van der Waals surface area (Å²) in [6, 6.07) is 13.3. The van der Waals surface area contributed by atoms with E-state index >= 15 is 0 Å². The smallest absolute Gasteiger partial charge is 0.0523 e. The standard InChI is InChI=1S/C8H28Si5/c9-1-5-13(6-2-10,7-3-11)8-4-12/h1-8H2,9-12H3. The average Bonchev–Trinajstić information content (AvgIpc) is 2.06. The first-order valence-electron chi connectivity index (χ1n) is 6.24. The van der Waals surface area contributed by atoms with Crippen molar-refractivity contribution in [1.82, 2.24) is 0 Å². The molecule has 0 saturated heterocycles. The molecule has 0 aromatic rings. The molecule has 13 heavy (non-hydrogen) atoms. The summed E-state index contributed by atoms with van der Waals surface area (Å²) in [4.78, 5) is 0. The Kier molecular flexibility index (Phi) is 9.10. The van der Waals surface area contributed by atoms with E-state index in [2.05, 4.69) is 0 Å². The van der Waals surface area contributed by atoms with Gasteiger partial charge in [0, 0.05) is 41.0 Å². The quantitative estimate of drug-likeness (QED) is 0.472. The van der Waals surface area contributed by atoms with Gasteiger partial charge >= 0.3 is 0 Å². The molecule has 0 saturated carbocycles. The highest BCUT2D eigenvalue weighted by molar-refractivity contribution is 6.81. The van der Waals surface area contributed by atoms with E-state index in [0.717, 1.165) is 0 Å². The highest BCUT2D eigenvalue weighted by Gasteiger charge is 2.28. The second-order valence-corrected chi connectivity index (χ2v) is 13.5. The van der Waals surface area contributed by atoms with Crippen molar-refractivity contribution in [2.75, 3.05) is 0 Å². The molecule has 0 radical (unpaired) electrons. The number of hydrogen-bond acceptors (Lipinski definition) is 0. The van der Waals surface area contributed by atoms with Crippen molar-refractivity contribution in [3.8, 4) is 0 Å². The van der Waals surface area contributed by atoms with Crippen molar-refractivity contribution >= 4 is 49.0 Å². The maximum Gasteiger partial charge on any atom is 0.0523 e. The van der Waals surface area contributed by atoms with E-state index in [1.165, 1.54) is 41.0 Å². The minimum absolute atomic E-state index is 0.657. The van der Waals surface area contributed by atoms with Gasteiger partial charge in [0.25, 0.3) is 0 Å². The molecule has 0 aliphatic rings. The molecule has 0 rings (SSSR count). The summed E-state index contributed by atoms with van der Waals surface area (Å²) < 4.78 is 0. The molecule has 0 amide bonds. The molecule has 0 aliphatic heterocycles. The van der Waals surface area contributed by atoms with Gasteiger partial charge in [0.2, 0.25) is 0 Å². The number of rotatable bonds is 8. The largest absolute Gasteiger partial charge is 0.0681 e. The van der Waals surface area contributed by atoms with Crippen LogP contribution in [0.4, 0.5) is 0 Å². The molecular weight excluding hydrogens is 237 g/mol. The SMILES string of the molecule is [SiH3]CC[Si](CC[SiH3])(CC[SiH3])CC[SiH3]. The van der Waals surface area contributed by atoms with Crippen LogP contribution in [0.5, 0.6) is 0 Å². The molecule has 0 aliphatic carbocycles. The Bertz CT molecular complexity index is 87.6. The van der Waals surface area contributed by atoms with Crippen LogP contribution in [0.2, 0.25) is 48.4 Å². The molecule has 0 nitrogen and oxygen atoms in total. The maximum absolute atomic E-state index is 1.71. The van der Waals surface area contributed by atoms with E-state index in [0.29, 0.717) is 0 Å². The summed E-state index contributed by atoms with van der Waals surface area (Å²) in [5, 5.41) is 0. The van der Waals surface area contributed by atoms with Crippen molar-refractivity contribution in [3.05, 3.63) is 0 Å². The Labute approximate surface area is 97.4 Å². The first kappa shape index (κ1) is 14.1. The van der Waals surface area contributed by atoms with Gasteiger partial charge in [-0.1, -0.05) is 48.4 Å². The monoisotopic (exact) mass is 264 g/mol. The Morgan fingerprint density at radius 1 is 0.538 bits per heavy atom. The van der Waals surface area contributed by atoms with Crippen molar-refractivity contribution in [3.63, 3.8) is 0 Å². The van der Waals surface area contributed by atoms with E-state index in [9.17, 15) is 0 Å². The summed E-state index contributed by atoms with van der Waals surface area (Å²) in [6.45, 7) is 0. The summed E-state index contributed by atoms with van der Waals surface area (Å²) in [5.41, 5.74) is 0. The third-order valence-corrected chi connectivity index (χ3v) is 15.4. The van der Waals surface area contributed by atoms with Crippen LogP contribution < -0.4 is 0 Å². The lowest BCUT2D eigenvalue weighted by molar-refractivity contribution is 1.11. The lowest BCUT2D eigenvalue weighted by atomic mass is 10.9. The molecule has 0 unspecified atom stereocenters. The Hall–Kier alpha value is 1.08. The van der Waals surface area contributed by atoms with Gasteiger partial charge < -0.3 is 0 Å². The molecule has 0 spiro atoms. The van der Waals surface area contributed by atoms with Gasteiger partial charge in [-0.15, -0.1) is 0 Å². The molecule has 5 heteroatoms. The second kappa shape index (κ2) is 8.40. The topological polar surface area (TPSA) is 0 Å². The average molecular weight is 265 g/mol. The van der Waals surface area contributed by atoms with Crippen LogP contribution in [0.3, 0.4) is 0 Å². The van der Waals surface area contributed by atoms with Gasteiger partial charge in [-0.2, -0.15) is 0 Å². The molecule has 0 aromatic heterocycles. The van der Waals surface area contributed by atoms with E-state index in [4.69, 9.17) is 0 Å². The van der Waals surface area contributed by atoms with E-state index in [1.54, 1.807) is 48.4 Å². The fourth-order valence-corrected chi connectivity index (χ4v) is 21.3. The van der Waals surface area contributed by atoms with E-state index < -0.39 is 8.07 Å². The summed E-state index contributed by atoms with van der Waals surface area (Å²) in [7, 11) is 5.18. The molecule has 0 bridgehead atoms. The zero-order chi connectivity index (χ0) is 10.2. The second-order valence-electron chi connectivity index (χ2n) is 4.50. The van der Waals surface area contributed by atoms with Gasteiger partial charge in [0.15, 0.2) is 0 Å². The van der Waals surface area contributed by atoms with Crippen molar-refractivity contribution in [1.29, 1.82) is 0 Å². The van der Waals surface area contributed by atoms with Gasteiger partial charge in [-0.25, -0.2) is 0 Å². The Balaban J connectivity index is 4.19. The summed E-state index contributed by atoms with van der Waals surface area (Å²) in [6.07, 6.45) is 0. The van der Waals surface area contributed by atoms with E-state index in [-0.39, 0.29) is 0 Å². The van der Waals surface area contributed by atoms with Crippen LogP contribution in [0, 0.1) is 0 Å². The first-order valence-corrected chi connectivity index (χ1v) is 14.7. The predicted octanol–water partition coefficient (Wildman–Crippen LogP) is -1.43. The van der Waals surface area contributed by atoms with Crippen LogP contribution in [0.25, 0.3) is 0 Å². The molecular formula is C8H28Si5. The van der Waals surface area contributed by atoms with Crippen LogP contribution in [0.1, 0.15) is 0 Å². The van der Waals surface area contributed by atoms with E-state index in [1.807, 2.05) is 0 Å². The van der Waals surface area contributed by atoms with Crippen LogP contribution in [-0.4, -0.2) is 49.0 Å². The first-order chi connectivity index (χ1) is 6.24. The lowest BCUT2D eigenvalue weighted by Crippen LogP contribution is -2.33. The summed E-state index contributed by atoms with van der Waals surface area (Å²) >= 11 is 0. The molecule has 0 fully saturated rings. The fraction of sp³-hybridized carbons (Fsp3) is 1.00. The van der Waals surface area contributed by atoms with Crippen LogP contribution >= 0.6 is 0 Å².